The van der Waals surface area contributed by atoms with E-state index in [4.69, 9.17) is 20.1 Å². The van der Waals surface area contributed by atoms with Crippen LogP contribution in [0.4, 0.5) is 0 Å². The van der Waals surface area contributed by atoms with Gasteiger partial charge < -0.3 is 60.2 Å². The number of methoxy groups -OCH3 is 4. The average molecular weight is 669 g/mol. The van der Waals surface area contributed by atoms with Crippen LogP contribution in [0, 0.1) is 0 Å². The number of rotatable bonds is 10. The molecule has 0 unspecified atom stereocenters. The molecule has 45 heavy (non-hydrogen) atoms. The van der Waals surface area contributed by atoms with Crippen LogP contribution in [-0.2, 0) is 52.4 Å². The third-order valence-corrected chi connectivity index (χ3v) is 4.44. The van der Waals surface area contributed by atoms with E-state index < -0.39 is 23.9 Å². The van der Waals surface area contributed by atoms with Crippen LogP contribution in [-0.4, -0.2) is 130 Å². The normalized spacial score (nSPS) is 11.6. The van der Waals surface area contributed by atoms with E-state index in [0.717, 1.165) is 57.5 Å². The molecule has 2 aliphatic rings. The summed E-state index contributed by atoms with van der Waals surface area (Å²) in [5.74, 6) is -2.00. The number of carbonyl (C=O) groups excluding carboxylic acids is 5. The SMILES string of the molecule is C1CCOC1.CCCCO.COC(=O)/C=C\C(=O)OC.COC(=O)CCC(=O)OC.O.O.O.O=C1CCCO1.OCCCCO.[H+].[H+]. The maximum absolute atomic E-state index is 10.4. The lowest BCUT2D eigenvalue weighted by molar-refractivity contribution is -0.147. The van der Waals surface area contributed by atoms with Crippen molar-refractivity contribution < 1.29 is 87.0 Å². The van der Waals surface area contributed by atoms with Crippen LogP contribution in [0.1, 0.15) is 74.0 Å². The van der Waals surface area contributed by atoms with Crippen LogP contribution in [0.2, 0.25) is 0 Å². The molecule has 0 saturated carbocycles. The van der Waals surface area contributed by atoms with Gasteiger partial charge in [-0.05, 0) is 38.5 Å². The molecule has 2 rings (SSSR count). The number of aliphatic hydroxyl groups excluding tert-OH is 3. The Morgan fingerprint density at radius 3 is 1.24 bits per heavy atom. The van der Waals surface area contributed by atoms with E-state index in [9.17, 15) is 24.0 Å². The van der Waals surface area contributed by atoms with Crippen molar-refractivity contribution in [2.75, 3.05) is 68.1 Å². The molecule has 0 bridgehead atoms. The average Bonchev–Trinajstić information content (AvgIpc) is 3.76. The van der Waals surface area contributed by atoms with Crippen molar-refractivity contribution in [1.82, 2.24) is 0 Å². The predicted molar refractivity (Wildman–Crippen MR) is 165 cm³/mol. The molecule has 2 fully saturated rings. The van der Waals surface area contributed by atoms with Gasteiger partial charge in [-0.25, -0.2) is 9.59 Å². The number of carbonyl (C=O) groups is 5. The van der Waals surface area contributed by atoms with E-state index in [-0.39, 0.29) is 51.3 Å². The van der Waals surface area contributed by atoms with E-state index >= 15 is 0 Å². The zero-order valence-corrected chi connectivity index (χ0v) is 27.3. The molecule has 272 valence electrons. The first-order chi connectivity index (χ1) is 20.1. The van der Waals surface area contributed by atoms with Gasteiger partial charge in [-0.2, -0.15) is 0 Å². The highest BCUT2D eigenvalue weighted by molar-refractivity contribution is 5.91. The fourth-order valence-corrected chi connectivity index (χ4v) is 2.05. The zero-order valence-electron chi connectivity index (χ0n) is 29.3. The number of esters is 5. The lowest BCUT2D eigenvalue weighted by atomic mass is 10.3. The third kappa shape index (κ3) is 60.7. The molecule has 0 aromatic heterocycles. The Bertz CT molecular complexity index is 636. The van der Waals surface area contributed by atoms with Crippen molar-refractivity contribution in [1.29, 1.82) is 0 Å². The van der Waals surface area contributed by atoms with E-state index in [2.05, 4.69) is 30.6 Å². The summed E-state index contributed by atoms with van der Waals surface area (Å²) in [4.78, 5) is 51.5. The second kappa shape index (κ2) is 50.4. The first kappa shape index (κ1) is 57.5. The molecule has 0 aromatic rings. The molecule has 0 radical (unpaired) electrons. The Labute approximate surface area is 268 Å². The topological polar surface area (TPSA) is 296 Å². The summed E-state index contributed by atoms with van der Waals surface area (Å²) in [6.07, 6.45) is 9.73. The Kier molecular flexibility index (Phi) is 64.4. The molecule has 17 heteroatoms. The Hall–Kier alpha value is -3.19. The van der Waals surface area contributed by atoms with Crippen molar-refractivity contribution in [2.24, 2.45) is 0 Å². The largest absolute Gasteiger partial charge is 1.00 e. The quantitative estimate of drug-likeness (QED) is 0.113. The van der Waals surface area contributed by atoms with Gasteiger partial charge in [0.25, 0.3) is 0 Å². The number of aliphatic hydroxyl groups is 3. The third-order valence-electron chi connectivity index (χ3n) is 4.44. The van der Waals surface area contributed by atoms with Crippen LogP contribution >= 0.6 is 0 Å². The number of ether oxygens (including phenoxy) is 6. The van der Waals surface area contributed by atoms with Crippen LogP contribution in [0.3, 0.4) is 0 Å². The summed E-state index contributed by atoms with van der Waals surface area (Å²) in [6, 6.07) is 0. The van der Waals surface area contributed by atoms with Gasteiger partial charge in [-0.1, -0.05) is 13.3 Å². The van der Waals surface area contributed by atoms with E-state index in [1.54, 1.807) is 0 Å². The monoisotopic (exact) mass is 668 g/mol. The van der Waals surface area contributed by atoms with Gasteiger partial charge in [-0.3, -0.25) is 14.4 Å². The minimum Gasteiger partial charge on any atom is -0.469 e. The minimum atomic E-state index is -0.578. The fourth-order valence-electron chi connectivity index (χ4n) is 2.05. The minimum absolute atomic E-state index is 0. The molecule has 2 heterocycles. The Morgan fingerprint density at radius 1 is 0.689 bits per heavy atom. The van der Waals surface area contributed by atoms with Crippen molar-refractivity contribution in [3.05, 3.63) is 12.2 Å². The molecule has 9 N–H and O–H groups in total. The lowest BCUT2D eigenvalue weighted by Gasteiger charge is -1.96. The second-order valence-electron chi connectivity index (χ2n) is 7.91. The predicted octanol–water partition coefficient (Wildman–Crippen LogP) is -0.598. The zero-order chi connectivity index (χ0) is 32.9. The maximum atomic E-state index is 10.4. The molecule has 0 atom stereocenters. The molecular weight excluding hydrogens is 608 g/mol. The molecule has 2 aliphatic heterocycles. The number of unbranched alkanes of at least 4 members (excludes halogenated alkanes) is 2. The van der Waals surface area contributed by atoms with Crippen LogP contribution in [0.25, 0.3) is 0 Å². The van der Waals surface area contributed by atoms with Crippen LogP contribution < -0.4 is 0 Å². The smallest absolute Gasteiger partial charge is 0.469 e. The highest BCUT2D eigenvalue weighted by Gasteiger charge is 2.08. The number of cyclic esters (lactones) is 1. The van der Waals surface area contributed by atoms with Gasteiger partial charge in [0, 0.05) is 51.6 Å². The maximum Gasteiger partial charge on any atom is 1.00 e. The Morgan fingerprint density at radius 2 is 1.09 bits per heavy atom. The molecule has 2 saturated heterocycles. The van der Waals surface area contributed by atoms with Gasteiger partial charge in [0.2, 0.25) is 0 Å². The molecular formula is C28H60O17+2. The summed E-state index contributed by atoms with van der Waals surface area (Å²) >= 11 is 0. The highest BCUT2D eigenvalue weighted by Crippen LogP contribution is 2.01. The number of hydrogen-bond acceptors (Lipinski definition) is 14. The van der Waals surface area contributed by atoms with Crippen molar-refractivity contribution in [3.8, 4) is 0 Å². The van der Waals surface area contributed by atoms with E-state index in [0.29, 0.717) is 19.6 Å². The first-order valence-corrected chi connectivity index (χ1v) is 13.7. The number of hydrogen-bond donors (Lipinski definition) is 3. The van der Waals surface area contributed by atoms with Crippen LogP contribution in [0.15, 0.2) is 12.2 Å². The van der Waals surface area contributed by atoms with Gasteiger partial charge in [0.15, 0.2) is 0 Å². The standard InChI is InChI=1S/C6H10O4.C6H8O4.C4H6O2.C4H10O2.C4H8O.C4H10O.3H2O/c2*1-9-5(7)3-4-6(8)10-2;5-4-2-1-3-6-4;5-3-1-2-4-6;1-2-4-5-3-1;1-2-3-4-5;;;/h3-4H2,1-2H3;3-4H,1-2H3;1-3H2;5-6H,1-4H2;1-4H2;5H,2-4H2,1H3;3*1H2/p+2/b;4-3-;;;;;;;. The van der Waals surface area contributed by atoms with Crippen molar-refractivity contribution >= 4 is 29.8 Å². The molecule has 0 aromatic carbocycles. The summed E-state index contributed by atoms with van der Waals surface area (Å²) in [5.41, 5.74) is 0. The van der Waals surface area contributed by atoms with Gasteiger partial charge >= 0.3 is 32.7 Å². The summed E-state index contributed by atoms with van der Waals surface area (Å²) in [7, 11) is 5.01. The van der Waals surface area contributed by atoms with E-state index in [1.165, 1.54) is 41.3 Å². The van der Waals surface area contributed by atoms with Crippen molar-refractivity contribution in [2.45, 2.75) is 71.1 Å². The first-order valence-electron chi connectivity index (χ1n) is 13.7. The fraction of sp³-hybridized carbons (Fsp3) is 0.750. The Balaban J connectivity index is -0.0000000526. The van der Waals surface area contributed by atoms with Gasteiger partial charge in [0.05, 0.1) is 47.9 Å². The summed E-state index contributed by atoms with van der Waals surface area (Å²) < 4.78 is 26.5. The van der Waals surface area contributed by atoms with Gasteiger partial charge in [0.1, 0.15) is 0 Å². The van der Waals surface area contributed by atoms with Gasteiger partial charge in [-0.15, -0.1) is 0 Å². The molecule has 0 spiro atoms. The molecule has 0 aliphatic carbocycles. The van der Waals surface area contributed by atoms with E-state index in [1.807, 2.05) is 0 Å². The highest BCUT2D eigenvalue weighted by atomic mass is 16.5. The molecule has 17 nitrogen and oxygen atoms in total. The summed E-state index contributed by atoms with van der Waals surface area (Å²) in [6.45, 7) is 5.42. The molecule has 0 amide bonds. The van der Waals surface area contributed by atoms with Crippen LogP contribution in [0.5, 0.6) is 0 Å². The summed E-state index contributed by atoms with van der Waals surface area (Å²) in [5, 5.41) is 24.2. The van der Waals surface area contributed by atoms with Crippen molar-refractivity contribution in [3.63, 3.8) is 0 Å². The lowest BCUT2D eigenvalue weighted by Crippen LogP contribution is -2.06. The second-order valence-corrected chi connectivity index (χ2v) is 7.91.